The van der Waals surface area contributed by atoms with Crippen LogP contribution >= 0.6 is 0 Å². The lowest BCUT2D eigenvalue weighted by atomic mass is 10.0. The number of rotatable bonds is 5. The van der Waals surface area contributed by atoms with E-state index in [9.17, 15) is 4.79 Å². The molecule has 2 aromatic carbocycles. The number of carbonyl (C=O) groups is 1. The van der Waals surface area contributed by atoms with Gasteiger partial charge in [-0.05, 0) is 36.5 Å². The van der Waals surface area contributed by atoms with Gasteiger partial charge in [-0.25, -0.2) is 4.98 Å². The lowest BCUT2D eigenvalue weighted by molar-refractivity contribution is -0.129. The summed E-state index contributed by atoms with van der Waals surface area (Å²) >= 11 is 0. The number of amides is 1. The molecule has 5 heteroatoms. The predicted molar refractivity (Wildman–Crippen MR) is 116 cm³/mol. The molecule has 0 radical (unpaired) electrons. The second-order valence-corrected chi connectivity index (χ2v) is 8.56. The molecule has 2 aliphatic rings. The van der Waals surface area contributed by atoms with E-state index < -0.39 is 0 Å². The predicted octanol–water partition coefficient (Wildman–Crippen LogP) is 3.78. The molecular formula is C25H27N3O2. The molecule has 0 saturated carbocycles. The van der Waals surface area contributed by atoms with Crippen LogP contribution in [0.3, 0.4) is 0 Å². The van der Waals surface area contributed by atoms with Crippen molar-refractivity contribution in [3.05, 3.63) is 77.7 Å². The third kappa shape index (κ3) is 3.90. The first kappa shape index (κ1) is 19.1. The first-order valence-electron chi connectivity index (χ1n) is 10.7. The Morgan fingerprint density at radius 3 is 2.27 bits per heavy atom. The van der Waals surface area contributed by atoms with E-state index in [-0.39, 0.29) is 5.91 Å². The smallest absolute Gasteiger partial charge is 0.228 e. The Bertz CT molecular complexity index is 1000. The van der Waals surface area contributed by atoms with Crippen molar-refractivity contribution in [1.82, 2.24) is 14.8 Å². The van der Waals surface area contributed by atoms with Gasteiger partial charge in [-0.3, -0.25) is 9.69 Å². The second-order valence-electron chi connectivity index (χ2n) is 8.56. The van der Waals surface area contributed by atoms with Gasteiger partial charge in [0.2, 0.25) is 11.8 Å². The molecule has 1 amide bonds. The number of aryl methyl sites for hydroxylation is 1. The molecule has 0 unspecified atom stereocenters. The number of hydrogen-bond acceptors (Lipinski definition) is 4. The van der Waals surface area contributed by atoms with Crippen LogP contribution in [0.5, 0.6) is 0 Å². The zero-order valence-corrected chi connectivity index (χ0v) is 17.3. The molecule has 2 fully saturated rings. The summed E-state index contributed by atoms with van der Waals surface area (Å²) in [5, 5.41) is 0. The van der Waals surface area contributed by atoms with Crippen LogP contribution in [-0.2, 0) is 17.8 Å². The van der Waals surface area contributed by atoms with Crippen molar-refractivity contribution in [2.75, 3.05) is 26.2 Å². The summed E-state index contributed by atoms with van der Waals surface area (Å²) < 4.78 is 5.82. The Labute approximate surface area is 177 Å². The quantitative estimate of drug-likeness (QED) is 0.653. The minimum atomic E-state index is 0.162. The van der Waals surface area contributed by atoms with Crippen LogP contribution in [0.4, 0.5) is 0 Å². The Morgan fingerprint density at radius 2 is 1.60 bits per heavy atom. The monoisotopic (exact) mass is 401 g/mol. The van der Waals surface area contributed by atoms with Gasteiger partial charge in [0.15, 0.2) is 0 Å². The zero-order valence-electron chi connectivity index (χ0n) is 17.3. The summed E-state index contributed by atoms with van der Waals surface area (Å²) in [6.07, 6.45) is 0.315. The van der Waals surface area contributed by atoms with Crippen molar-refractivity contribution in [3.8, 4) is 11.5 Å². The first-order valence-corrected chi connectivity index (χ1v) is 10.7. The summed E-state index contributed by atoms with van der Waals surface area (Å²) in [5.74, 6) is 2.64. The van der Waals surface area contributed by atoms with E-state index in [1.54, 1.807) is 0 Å². The largest absolute Gasteiger partial charge is 0.441 e. The van der Waals surface area contributed by atoms with Crippen molar-refractivity contribution in [3.63, 3.8) is 0 Å². The van der Waals surface area contributed by atoms with E-state index in [1.165, 1.54) is 5.56 Å². The molecule has 0 N–H and O–H groups in total. The zero-order chi connectivity index (χ0) is 20.5. The number of benzene rings is 2. The molecule has 2 saturated heterocycles. The fraction of sp³-hybridized carbons (Fsp3) is 0.360. The normalized spacial score (nSPS) is 21.2. The van der Waals surface area contributed by atoms with Gasteiger partial charge in [-0.2, -0.15) is 0 Å². The Hall–Kier alpha value is -2.92. The molecule has 2 atom stereocenters. The SMILES string of the molecule is Cc1oc(-c2ccccc2)nc1CC(=O)N1C[C@H]2CN(Cc3ccccc3)C[C@@H]2C1. The van der Waals surface area contributed by atoms with Gasteiger partial charge in [0.25, 0.3) is 0 Å². The van der Waals surface area contributed by atoms with Crippen molar-refractivity contribution in [1.29, 1.82) is 0 Å². The molecule has 0 aliphatic carbocycles. The van der Waals surface area contributed by atoms with E-state index in [1.807, 2.05) is 42.2 Å². The summed E-state index contributed by atoms with van der Waals surface area (Å²) in [6.45, 7) is 6.76. The maximum Gasteiger partial charge on any atom is 0.228 e. The Morgan fingerprint density at radius 1 is 0.967 bits per heavy atom. The molecule has 1 aromatic heterocycles. The van der Waals surface area contributed by atoms with Gasteiger partial charge in [0.1, 0.15) is 5.76 Å². The average Bonchev–Trinajstić information content (AvgIpc) is 3.43. The Balaban J connectivity index is 1.18. The van der Waals surface area contributed by atoms with Crippen LogP contribution in [0.15, 0.2) is 65.1 Å². The topological polar surface area (TPSA) is 49.6 Å². The number of aromatic nitrogens is 1. The van der Waals surface area contributed by atoms with Gasteiger partial charge in [-0.15, -0.1) is 0 Å². The van der Waals surface area contributed by atoms with Crippen LogP contribution in [0, 0.1) is 18.8 Å². The summed E-state index contributed by atoms with van der Waals surface area (Å²) in [6, 6.07) is 20.5. The molecule has 30 heavy (non-hydrogen) atoms. The van der Waals surface area contributed by atoms with Crippen molar-refractivity contribution in [2.24, 2.45) is 11.8 Å². The molecule has 2 aliphatic heterocycles. The number of nitrogens with zero attached hydrogens (tertiary/aromatic N) is 3. The van der Waals surface area contributed by atoms with Crippen LogP contribution in [0.1, 0.15) is 17.0 Å². The van der Waals surface area contributed by atoms with Crippen molar-refractivity contribution in [2.45, 2.75) is 19.9 Å². The molecule has 3 aromatic rings. The molecule has 0 bridgehead atoms. The fourth-order valence-electron chi connectivity index (χ4n) is 4.82. The minimum absolute atomic E-state index is 0.162. The maximum atomic E-state index is 12.9. The third-order valence-corrected chi connectivity index (χ3v) is 6.40. The van der Waals surface area contributed by atoms with E-state index >= 15 is 0 Å². The van der Waals surface area contributed by atoms with Gasteiger partial charge in [-0.1, -0.05) is 48.5 Å². The van der Waals surface area contributed by atoms with Crippen molar-refractivity contribution >= 4 is 5.91 Å². The summed E-state index contributed by atoms with van der Waals surface area (Å²) in [7, 11) is 0. The van der Waals surface area contributed by atoms with Crippen LogP contribution in [0.2, 0.25) is 0 Å². The molecule has 3 heterocycles. The fourth-order valence-corrected chi connectivity index (χ4v) is 4.82. The first-order chi connectivity index (χ1) is 14.7. The lowest BCUT2D eigenvalue weighted by Crippen LogP contribution is -2.34. The maximum absolute atomic E-state index is 12.9. The highest BCUT2D eigenvalue weighted by Gasteiger charge is 2.41. The number of fused-ring (bicyclic) bond motifs is 1. The van der Waals surface area contributed by atoms with Gasteiger partial charge >= 0.3 is 0 Å². The van der Waals surface area contributed by atoms with Crippen LogP contribution in [0.25, 0.3) is 11.5 Å². The van der Waals surface area contributed by atoms with Gasteiger partial charge in [0.05, 0.1) is 12.1 Å². The highest BCUT2D eigenvalue weighted by Crippen LogP contribution is 2.32. The molecule has 154 valence electrons. The molecule has 5 rings (SSSR count). The second kappa shape index (κ2) is 8.07. The van der Waals surface area contributed by atoms with E-state index in [0.717, 1.165) is 49.7 Å². The van der Waals surface area contributed by atoms with Crippen LogP contribution < -0.4 is 0 Å². The van der Waals surface area contributed by atoms with E-state index in [4.69, 9.17) is 4.42 Å². The number of hydrogen-bond donors (Lipinski definition) is 0. The highest BCUT2D eigenvalue weighted by molar-refractivity contribution is 5.79. The number of oxazole rings is 1. The average molecular weight is 402 g/mol. The minimum Gasteiger partial charge on any atom is -0.441 e. The molecular weight excluding hydrogens is 374 g/mol. The lowest BCUT2D eigenvalue weighted by Gasteiger charge is -2.21. The highest BCUT2D eigenvalue weighted by atomic mass is 16.4. The Kier molecular flexibility index (Phi) is 5.13. The van der Waals surface area contributed by atoms with Crippen LogP contribution in [-0.4, -0.2) is 46.9 Å². The van der Waals surface area contributed by atoms with Gasteiger partial charge < -0.3 is 9.32 Å². The molecule has 0 spiro atoms. The third-order valence-electron chi connectivity index (χ3n) is 6.40. The van der Waals surface area contributed by atoms with E-state index in [2.05, 4.69) is 40.2 Å². The summed E-state index contributed by atoms with van der Waals surface area (Å²) in [4.78, 5) is 22.1. The summed E-state index contributed by atoms with van der Waals surface area (Å²) in [5.41, 5.74) is 3.05. The molecule has 5 nitrogen and oxygen atoms in total. The number of carbonyl (C=O) groups excluding carboxylic acids is 1. The number of likely N-dealkylation sites (tertiary alicyclic amines) is 2. The van der Waals surface area contributed by atoms with E-state index in [0.29, 0.717) is 24.1 Å². The van der Waals surface area contributed by atoms with Gasteiger partial charge in [0, 0.05) is 38.3 Å². The standard InChI is InChI=1S/C25H27N3O2/c1-18-23(26-25(30-18)20-10-6-3-7-11-20)12-24(29)28-16-21-14-27(15-22(21)17-28)13-19-8-4-2-5-9-19/h2-11,21-22H,12-17H2,1H3/t21-,22-/m1/s1. The van der Waals surface area contributed by atoms with Crippen molar-refractivity contribution < 1.29 is 9.21 Å².